The smallest absolute Gasteiger partial charge is 0.333 e. The fraction of sp³-hybridized carbons (Fsp3) is 0.429. The molecule has 4 nitrogen and oxygen atoms in total. The first-order chi connectivity index (χ1) is 5.74. The SMILES string of the molecule is COC(Cc1cncs1)C(=O)O. The summed E-state index contributed by atoms with van der Waals surface area (Å²) in [6, 6.07) is 0. The van der Waals surface area contributed by atoms with Gasteiger partial charge in [0, 0.05) is 24.6 Å². The Labute approximate surface area is 73.8 Å². The Bertz CT molecular complexity index is 247. The summed E-state index contributed by atoms with van der Waals surface area (Å²) < 4.78 is 4.76. The molecule has 0 aliphatic carbocycles. The van der Waals surface area contributed by atoms with Crippen LogP contribution in [-0.2, 0) is 16.0 Å². The van der Waals surface area contributed by atoms with Gasteiger partial charge in [0.15, 0.2) is 6.10 Å². The number of carboxylic acids is 1. The van der Waals surface area contributed by atoms with Crippen LogP contribution in [0.2, 0.25) is 0 Å². The van der Waals surface area contributed by atoms with Gasteiger partial charge in [0.2, 0.25) is 0 Å². The molecule has 1 rings (SSSR count). The average molecular weight is 187 g/mol. The van der Waals surface area contributed by atoms with Gasteiger partial charge in [-0.15, -0.1) is 11.3 Å². The van der Waals surface area contributed by atoms with Crippen molar-refractivity contribution in [2.45, 2.75) is 12.5 Å². The lowest BCUT2D eigenvalue weighted by Gasteiger charge is -2.07. The van der Waals surface area contributed by atoms with E-state index >= 15 is 0 Å². The van der Waals surface area contributed by atoms with E-state index in [0.29, 0.717) is 6.42 Å². The van der Waals surface area contributed by atoms with Crippen LogP contribution in [-0.4, -0.2) is 29.3 Å². The lowest BCUT2D eigenvalue weighted by molar-refractivity contribution is -0.148. The van der Waals surface area contributed by atoms with Gasteiger partial charge in [-0.1, -0.05) is 0 Å². The Kier molecular flexibility index (Phi) is 3.19. The highest BCUT2D eigenvalue weighted by Crippen LogP contribution is 2.10. The molecular weight excluding hydrogens is 178 g/mol. The maximum atomic E-state index is 10.5. The van der Waals surface area contributed by atoms with Gasteiger partial charge in [-0.3, -0.25) is 4.98 Å². The summed E-state index contributed by atoms with van der Waals surface area (Å²) in [5.41, 5.74) is 1.67. The van der Waals surface area contributed by atoms with Crippen LogP contribution in [0.5, 0.6) is 0 Å². The zero-order valence-corrected chi connectivity index (χ0v) is 7.37. The topological polar surface area (TPSA) is 59.4 Å². The van der Waals surface area contributed by atoms with E-state index in [1.807, 2.05) is 0 Å². The first kappa shape index (κ1) is 9.15. The third kappa shape index (κ3) is 2.28. The minimum atomic E-state index is -0.939. The molecular formula is C7H9NO3S. The number of aromatic nitrogens is 1. The first-order valence-corrected chi connectivity index (χ1v) is 4.25. The predicted molar refractivity (Wildman–Crippen MR) is 44.3 cm³/mol. The summed E-state index contributed by atoms with van der Waals surface area (Å²) >= 11 is 1.43. The highest BCUT2D eigenvalue weighted by Gasteiger charge is 2.17. The zero-order valence-electron chi connectivity index (χ0n) is 6.56. The quantitative estimate of drug-likeness (QED) is 0.756. The van der Waals surface area contributed by atoms with Crippen molar-refractivity contribution in [3.05, 3.63) is 16.6 Å². The molecule has 1 aromatic rings. The molecule has 0 radical (unpaired) electrons. The van der Waals surface area contributed by atoms with Gasteiger partial charge in [-0.25, -0.2) is 4.79 Å². The van der Waals surface area contributed by atoms with Crippen molar-refractivity contribution in [1.82, 2.24) is 4.98 Å². The molecule has 1 atom stereocenters. The van der Waals surface area contributed by atoms with E-state index in [4.69, 9.17) is 9.84 Å². The van der Waals surface area contributed by atoms with E-state index < -0.39 is 12.1 Å². The lowest BCUT2D eigenvalue weighted by atomic mass is 10.2. The van der Waals surface area contributed by atoms with Gasteiger partial charge in [-0.05, 0) is 0 Å². The van der Waals surface area contributed by atoms with Crippen LogP contribution in [0.15, 0.2) is 11.7 Å². The highest BCUT2D eigenvalue weighted by molar-refractivity contribution is 7.09. The van der Waals surface area contributed by atoms with Crippen molar-refractivity contribution in [2.24, 2.45) is 0 Å². The predicted octanol–water partition coefficient (Wildman–Crippen LogP) is 0.785. The number of carbonyl (C=O) groups is 1. The van der Waals surface area contributed by atoms with Gasteiger partial charge in [0.1, 0.15) is 0 Å². The van der Waals surface area contributed by atoms with Gasteiger partial charge >= 0.3 is 5.97 Å². The molecule has 0 saturated carbocycles. The molecule has 0 spiro atoms. The van der Waals surface area contributed by atoms with E-state index in [2.05, 4.69) is 4.98 Å². The number of carboxylic acid groups (broad SMARTS) is 1. The average Bonchev–Trinajstić information content (AvgIpc) is 2.51. The van der Waals surface area contributed by atoms with E-state index in [0.717, 1.165) is 4.88 Å². The van der Waals surface area contributed by atoms with Gasteiger partial charge < -0.3 is 9.84 Å². The Balaban J connectivity index is 2.54. The van der Waals surface area contributed by atoms with Crippen LogP contribution in [0.25, 0.3) is 0 Å². The van der Waals surface area contributed by atoms with Crippen LogP contribution >= 0.6 is 11.3 Å². The fourth-order valence-corrected chi connectivity index (χ4v) is 1.42. The maximum absolute atomic E-state index is 10.5. The summed E-state index contributed by atoms with van der Waals surface area (Å²) in [4.78, 5) is 15.3. The molecule has 1 unspecified atom stereocenters. The van der Waals surface area contributed by atoms with Crippen LogP contribution in [0.4, 0.5) is 0 Å². The minimum Gasteiger partial charge on any atom is -0.479 e. The van der Waals surface area contributed by atoms with E-state index in [-0.39, 0.29) is 0 Å². The number of hydrogen-bond acceptors (Lipinski definition) is 4. The van der Waals surface area contributed by atoms with Crippen molar-refractivity contribution in [1.29, 1.82) is 0 Å². The highest BCUT2D eigenvalue weighted by atomic mass is 32.1. The van der Waals surface area contributed by atoms with Gasteiger partial charge in [-0.2, -0.15) is 0 Å². The normalized spacial score (nSPS) is 12.8. The molecule has 5 heteroatoms. The van der Waals surface area contributed by atoms with Crippen molar-refractivity contribution < 1.29 is 14.6 Å². The second-order valence-electron chi connectivity index (χ2n) is 2.23. The Morgan fingerprint density at radius 1 is 1.92 bits per heavy atom. The number of methoxy groups -OCH3 is 1. The third-order valence-corrected chi connectivity index (χ3v) is 2.23. The minimum absolute atomic E-state index is 0.385. The lowest BCUT2D eigenvalue weighted by Crippen LogP contribution is -2.24. The number of hydrogen-bond donors (Lipinski definition) is 1. The number of rotatable bonds is 4. The maximum Gasteiger partial charge on any atom is 0.333 e. The molecule has 1 aromatic heterocycles. The van der Waals surface area contributed by atoms with Crippen LogP contribution in [0.3, 0.4) is 0 Å². The summed E-state index contributed by atoms with van der Waals surface area (Å²) in [6.07, 6.45) is 1.28. The summed E-state index contributed by atoms with van der Waals surface area (Å²) in [5.74, 6) is -0.939. The molecule has 0 saturated heterocycles. The summed E-state index contributed by atoms with van der Waals surface area (Å²) in [6.45, 7) is 0. The van der Waals surface area contributed by atoms with Gasteiger partial charge in [0.05, 0.1) is 5.51 Å². The first-order valence-electron chi connectivity index (χ1n) is 3.37. The van der Waals surface area contributed by atoms with E-state index in [1.165, 1.54) is 18.4 Å². The fourth-order valence-electron chi connectivity index (χ4n) is 0.797. The number of nitrogens with zero attached hydrogens (tertiary/aromatic N) is 1. The standard InChI is InChI=1S/C7H9NO3S/c1-11-6(7(9)10)2-5-3-8-4-12-5/h3-4,6H,2H2,1H3,(H,9,10). The second kappa shape index (κ2) is 4.18. The molecule has 0 aromatic carbocycles. The number of aliphatic carboxylic acids is 1. The summed E-state index contributed by atoms with van der Waals surface area (Å²) in [7, 11) is 1.39. The third-order valence-electron chi connectivity index (χ3n) is 1.43. The molecule has 0 amide bonds. The van der Waals surface area contributed by atoms with Crippen LogP contribution in [0, 0.1) is 0 Å². The van der Waals surface area contributed by atoms with E-state index in [1.54, 1.807) is 11.7 Å². The summed E-state index contributed by atoms with van der Waals surface area (Å²) in [5, 5.41) is 8.63. The number of ether oxygens (including phenoxy) is 1. The molecule has 0 aliphatic heterocycles. The molecule has 0 aliphatic rings. The van der Waals surface area contributed by atoms with Gasteiger partial charge in [0.25, 0.3) is 0 Å². The van der Waals surface area contributed by atoms with E-state index in [9.17, 15) is 4.79 Å². The molecule has 1 heterocycles. The number of thiazole rings is 1. The molecule has 66 valence electrons. The Morgan fingerprint density at radius 2 is 2.67 bits per heavy atom. The Hall–Kier alpha value is -0.940. The molecule has 1 N–H and O–H groups in total. The molecule has 0 fully saturated rings. The van der Waals surface area contributed by atoms with Crippen molar-refractivity contribution in [3.63, 3.8) is 0 Å². The van der Waals surface area contributed by atoms with Crippen LogP contribution in [0.1, 0.15) is 4.88 Å². The largest absolute Gasteiger partial charge is 0.479 e. The van der Waals surface area contributed by atoms with Crippen molar-refractivity contribution >= 4 is 17.3 Å². The molecule has 0 bridgehead atoms. The van der Waals surface area contributed by atoms with Crippen molar-refractivity contribution in [3.8, 4) is 0 Å². The molecule has 12 heavy (non-hydrogen) atoms. The van der Waals surface area contributed by atoms with Crippen molar-refractivity contribution in [2.75, 3.05) is 7.11 Å². The monoisotopic (exact) mass is 187 g/mol. The zero-order chi connectivity index (χ0) is 8.97. The second-order valence-corrected chi connectivity index (χ2v) is 3.21. The Morgan fingerprint density at radius 3 is 3.08 bits per heavy atom. The van der Waals surface area contributed by atoms with Crippen LogP contribution < -0.4 is 0 Å².